The average Bonchev–Trinajstić information content (AvgIpc) is 2.38. The summed E-state index contributed by atoms with van der Waals surface area (Å²) >= 11 is 0. The van der Waals surface area contributed by atoms with Crippen LogP contribution in [0.2, 0.25) is 0 Å². The largest absolute Gasteiger partial charge is 0.478 e. The van der Waals surface area contributed by atoms with Crippen LogP contribution in [0.15, 0.2) is 42.5 Å². The monoisotopic (exact) mass is 257 g/mol. The first-order valence-electron chi connectivity index (χ1n) is 5.59. The molecule has 2 aromatic carbocycles. The van der Waals surface area contributed by atoms with E-state index in [0.29, 0.717) is 16.7 Å². The Bertz CT molecular complexity index is 664. The Morgan fingerprint density at radius 2 is 1.84 bits per heavy atom. The van der Waals surface area contributed by atoms with Gasteiger partial charge in [0.05, 0.1) is 16.1 Å². The van der Waals surface area contributed by atoms with Crippen LogP contribution in [-0.4, -0.2) is 16.0 Å². The van der Waals surface area contributed by atoms with Crippen molar-refractivity contribution >= 4 is 11.7 Å². The van der Waals surface area contributed by atoms with Crippen LogP contribution in [0.1, 0.15) is 15.9 Å². The van der Waals surface area contributed by atoms with Gasteiger partial charge in [-0.05, 0) is 18.6 Å². The Hall–Kier alpha value is -2.69. The third-order valence-corrected chi connectivity index (χ3v) is 2.87. The second kappa shape index (κ2) is 4.89. The second-order valence-corrected chi connectivity index (χ2v) is 4.08. The van der Waals surface area contributed by atoms with E-state index < -0.39 is 10.9 Å². The predicted octanol–water partition coefficient (Wildman–Crippen LogP) is 3.27. The third kappa shape index (κ3) is 2.30. The molecule has 19 heavy (non-hydrogen) atoms. The maximum absolute atomic E-state index is 11.2. The molecule has 5 nitrogen and oxygen atoms in total. The van der Waals surface area contributed by atoms with Gasteiger partial charge in [0, 0.05) is 11.6 Å². The molecule has 96 valence electrons. The highest BCUT2D eigenvalue weighted by molar-refractivity contribution is 5.98. The molecular weight excluding hydrogens is 246 g/mol. The minimum Gasteiger partial charge on any atom is -0.478 e. The third-order valence-electron chi connectivity index (χ3n) is 2.87. The fourth-order valence-electron chi connectivity index (χ4n) is 2.04. The summed E-state index contributed by atoms with van der Waals surface area (Å²) in [6, 6.07) is 11.0. The van der Waals surface area contributed by atoms with Gasteiger partial charge in [-0.1, -0.05) is 30.3 Å². The number of benzene rings is 2. The molecule has 1 N–H and O–H groups in total. The first-order chi connectivity index (χ1) is 9.02. The zero-order valence-electron chi connectivity index (χ0n) is 10.2. The Balaban J connectivity index is 2.79. The molecule has 0 aliphatic carbocycles. The van der Waals surface area contributed by atoms with Crippen molar-refractivity contribution in [2.45, 2.75) is 6.92 Å². The van der Waals surface area contributed by atoms with Gasteiger partial charge in [0.15, 0.2) is 0 Å². The smallest absolute Gasteiger partial charge is 0.336 e. The van der Waals surface area contributed by atoms with Gasteiger partial charge in [-0.15, -0.1) is 0 Å². The summed E-state index contributed by atoms with van der Waals surface area (Å²) in [5.41, 5.74) is 1.35. The molecule has 5 heteroatoms. The molecule has 0 amide bonds. The lowest BCUT2D eigenvalue weighted by Gasteiger charge is -2.09. The molecule has 0 radical (unpaired) electrons. The number of carboxylic acid groups (broad SMARTS) is 1. The molecule has 0 saturated carbocycles. The molecule has 0 atom stereocenters. The Labute approximate surface area is 109 Å². The highest BCUT2D eigenvalue weighted by Crippen LogP contribution is 2.34. The second-order valence-electron chi connectivity index (χ2n) is 4.08. The van der Waals surface area contributed by atoms with Gasteiger partial charge in [-0.25, -0.2) is 4.79 Å². The maximum atomic E-state index is 11.2. The summed E-state index contributed by atoms with van der Waals surface area (Å²) in [7, 11) is 0. The van der Waals surface area contributed by atoms with Gasteiger partial charge >= 0.3 is 5.97 Å². The van der Waals surface area contributed by atoms with Gasteiger partial charge in [0.25, 0.3) is 5.69 Å². The van der Waals surface area contributed by atoms with Gasteiger partial charge < -0.3 is 5.11 Å². The van der Waals surface area contributed by atoms with Crippen molar-refractivity contribution in [3.8, 4) is 11.1 Å². The van der Waals surface area contributed by atoms with Gasteiger partial charge in [0.2, 0.25) is 0 Å². The van der Waals surface area contributed by atoms with Crippen molar-refractivity contribution in [2.75, 3.05) is 0 Å². The summed E-state index contributed by atoms with van der Waals surface area (Å²) in [5, 5.41) is 20.3. The Morgan fingerprint density at radius 3 is 2.47 bits per heavy atom. The molecule has 2 rings (SSSR count). The highest BCUT2D eigenvalue weighted by Gasteiger charge is 2.21. The lowest BCUT2D eigenvalue weighted by atomic mass is 9.94. The number of aromatic carboxylic acids is 1. The number of hydrogen-bond acceptors (Lipinski definition) is 3. The van der Waals surface area contributed by atoms with Crippen LogP contribution in [0.5, 0.6) is 0 Å². The van der Waals surface area contributed by atoms with Crippen LogP contribution in [0.3, 0.4) is 0 Å². The average molecular weight is 257 g/mol. The number of carboxylic acids is 1. The van der Waals surface area contributed by atoms with E-state index in [1.807, 2.05) is 0 Å². The lowest BCUT2D eigenvalue weighted by molar-refractivity contribution is -0.384. The van der Waals surface area contributed by atoms with Crippen LogP contribution in [0.25, 0.3) is 11.1 Å². The molecule has 0 fully saturated rings. The van der Waals surface area contributed by atoms with Crippen LogP contribution >= 0.6 is 0 Å². The van der Waals surface area contributed by atoms with E-state index in [1.54, 1.807) is 37.3 Å². The fraction of sp³-hybridized carbons (Fsp3) is 0.0714. The zero-order chi connectivity index (χ0) is 14.0. The van der Waals surface area contributed by atoms with Crippen molar-refractivity contribution < 1.29 is 14.8 Å². The van der Waals surface area contributed by atoms with E-state index in [1.165, 1.54) is 12.1 Å². The SMILES string of the molecule is Cc1cccc([N+](=O)[O-])c1-c1ccccc1C(=O)O. The topological polar surface area (TPSA) is 80.4 Å². The van der Waals surface area contributed by atoms with Crippen LogP contribution in [0.4, 0.5) is 5.69 Å². The normalized spacial score (nSPS) is 10.2. The van der Waals surface area contributed by atoms with Crippen LogP contribution in [0, 0.1) is 17.0 Å². The number of nitro benzene ring substituents is 1. The Morgan fingerprint density at radius 1 is 1.16 bits per heavy atom. The first kappa shape index (κ1) is 12.8. The molecule has 0 heterocycles. The molecule has 0 aliphatic rings. The zero-order valence-corrected chi connectivity index (χ0v) is 10.2. The molecular formula is C14H11NO4. The van der Waals surface area contributed by atoms with E-state index in [2.05, 4.69) is 0 Å². The summed E-state index contributed by atoms with van der Waals surface area (Å²) in [4.78, 5) is 21.8. The van der Waals surface area contributed by atoms with Crippen LogP contribution < -0.4 is 0 Å². The van der Waals surface area contributed by atoms with Gasteiger partial charge in [0.1, 0.15) is 0 Å². The summed E-state index contributed by atoms with van der Waals surface area (Å²) in [6.07, 6.45) is 0. The van der Waals surface area contributed by atoms with Crippen molar-refractivity contribution in [1.82, 2.24) is 0 Å². The van der Waals surface area contributed by atoms with Crippen LogP contribution in [-0.2, 0) is 0 Å². The predicted molar refractivity (Wildman–Crippen MR) is 70.2 cm³/mol. The lowest BCUT2D eigenvalue weighted by Crippen LogP contribution is -2.02. The minimum atomic E-state index is -1.10. The molecule has 0 unspecified atom stereocenters. The minimum absolute atomic E-state index is 0.0555. The number of nitrogens with zero attached hydrogens (tertiary/aromatic N) is 1. The summed E-state index contributed by atoms with van der Waals surface area (Å²) < 4.78 is 0. The standard InChI is InChI=1S/C14H11NO4/c1-9-5-4-8-12(15(18)19)13(9)10-6-2-3-7-11(10)14(16)17/h2-8H,1H3,(H,16,17). The van der Waals surface area contributed by atoms with E-state index in [0.717, 1.165) is 0 Å². The molecule has 0 spiro atoms. The number of nitro groups is 1. The van der Waals surface area contributed by atoms with Gasteiger partial charge in [-0.2, -0.15) is 0 Å². The van der Waals surface area contributed by atoms with E-state index in [4.69, 9.17) is 0 Å². The quantitative estimate of drug-likeness (QED) is 0.675. The maximum Gasteiger partial charge on any atom is 0.336 e. The molecule has 0 bridgehead atoms. The summed E-state index contributed by atoms with van der Waals surface area (Å²) in [5.74, 6) is -1.10. The van der Waals surface area contributed by atoms with E-state index in [9.17, 15) is 20.0 Å². The molecule has 2 aromatic rings. The van der Waals surface area contributed by atoms with E-state index >= 15 is 0 Å². The fourth-order valence-corrected chi connectivity index (χ4v) is 2.04. The first-order valence-corrected chi connectivity index (χ1v) is 5.59. The van der Waals surface area contributed by atoms with Gasteiger partial charge in [-0.3, -0.25) is 10.1 Å². The number of carbonyl (C=O) groups is 1. The number of aryl methyl sites for hydroxylation is 1. The van der Waals surface area contributed by atoms with Crippen molar-refractivity contribution in [3.05, 3.63) is 63.7 Å². The van der Waals surface area contributed by atoms with Crippen molar-refractivity contribution in [2.24, 2.45) is 0 Å². The molecule has 0 aromatic heterocycles. The number of rotatable bonds is 3. The van der Waals surface area contributed by atoms with Crippen molar-refractivity contribution in [1.29, 1.82) is 0 Å². The highest BCUT2D eigenvalue weighted by atomic mass is 16.6. The number of hydrogen-bond donors (Lipinski definition) is 1. The summed E-state index contributed by atoms with van der Waals surface area (Å²) in [6.45, 7) is 1.72. The van der Waals surface area contributed by atoms with E-state index in [-0.39, 0.29) is 11.3 Å². The van der Waals surface area contributed by atoms with Crippen molar-refractivity contribution in [3.63, 3.8) is 0 Å². The molecule has 0 saturated heterocycles. The Kier molecular flexibility index (Phi) is 3.29. The molecule has 0 aliphatic heterocycles.